The molecule has 20 heavy (non-hydrogen) atoms. The quantitative estimate of drug-likeness (QED) is 0.897. The van der Waals surface area contributed by atoms with Gasteiger partial charge in [-0.1, -0.05) is 23.2 Å². The molecule has 1 heterocycles. The van der Waals surface area contributed by atoms with Crippen molar-refractivity contribution in [2.24, 2.45) is 5.14 Å². The minimum absolute atomic E-state index is 0.0285. The van der Waals surface area contributed by atoms with Crippen LogP contribution in [-0.2, 0) is 14.8 Å². The molecule has 1 saturated heterocycles. The Kier molecular flexibility index (Phi) is 4.15. The maximum atomic E-state index is 11.7. The van der Waals surface area contributed by atoms with E-state index >= 15 is 0 Å². The summed E-state index contributed by atoms with van der Waals surface area (Å²) in [6, 6.07) is 2.35. The predicted octanol–water partition coefficient (Wildman–Crippen LogP) is 1.25. The van der Waals surface area contributed by atoms with Gasteiger partial charge in [0, 0.05) is 26.1 Å². The first-order valence-corrected chi connectivity index (χ1v) is 7.94. The fraction of sp³-hybridized carbons (Fsp3) is 0.364. The average molecular weight is 339 g/mol. The van der Waals surface area contributed by atoms with Crippen LogP contribution in [0.5, 0.6) is 5.75 Å². The molecule has 0 bridgehead atoms. The monoisotopic (exact) mass is 338 g/mol. The SMILES string of the molecule is CN1CCC(Oc2cc(Cl)c(S(N)(=O)=O)cc2Cl)C1=O. The van der Waals surface area contributed by atoms with Crippen molar-refractivity contribution in [3.8, 4) is 5.75 Å². The Balaban J connectivity index is 2.31. The highest BCUT2D eigenvalue weighted by molar-refractivity contribution is 7.89. The van der Waals surface area contributed by atoms with Gasteiger partial charge in [-0.25, -0.2) is 13.6 Å². The minimum atomic E-state index is -3.97. The maximum absolute atomic E-state index is 11.7. The van der Waals surface area contributed by atoms with Crippen LogP contribution in [0.25, 0.3) is 0 Å². The summed E-state index contributed by atoms with van der Waals surface area (Å²) in [6.07, 6.45) is -0.117. The Morgan fingerprint density at radius 3 is 2.50 bits per heavy atom. The third-order valence-electron chi connectivity index (χ3n) is 2.94. The number of likely N-dealkylation sites (tertiary alicyclic amines) is 1. The number of amides is 1. The van der Waals surface area contributed by atoms with Crippen LogP contribution >= 0.6 is 23.2 Å². The number of halogens is 2. The molecule has 1 aliphatic rings. The highest BCUT2D eigenvalue weighted by Gasteiger charge is 2.31. The van der Waals surface area contributed by atoms with Gasteiger partial charge in [0.2, 0.25) is 10.0 Å². The Hall–Kier alpha value is -1.02. The van der Waals surface area contributed by atoms with E-state index in [0.717, 1.165) is 6.07 Å². The summed E-state index contributed by atoms with van der Waals surface area (Å²) in [6.45, 7) is 0.587. The van der Waals surface area contributed by atoms with Crippen molar-refractivity contribution < 1.29 is 17.9 Å². The van der Waals surface area contributed by atoms with Crippen LogP contribution in [0, 0.1) is 0 Å². The van der Waals surface area contributed by atoms with Gasteiger partial charge >= 0.3 is 0 Å². The van der Waals surface area contributed by atoms with E-state index in [0.29, 0.717) is 13.0 Å². The van der Waals surface area contributed by atoms with Crippen LogP contribution in [0.4, 0.5) is 0 Å². The van der Waals surface area contributed by atoms with Crippen molar-refractivity contribution in [2.45, 2.75) is 17.4 Å². The molecule has 6 nitrogen and oxygen atoms in total. The number of likely N-dealkylation sites (N-methyl/N-ethyl adjacent to an activating group) is 1. The predicted molar refractivity (Wildman–Crippen MR) is 74.5 cm³/mol. The van der Waals surface area contributed by atoms with Crippen molar-refractivity contribution in [3.05, 3.63) is 22.2 Å². The van der Waals surface area contributed by atoms with Gasteiger partial charge in [0.15, 0.2) is 6.10 Å². The van der Waals surface area contributed by atoms with E-state index in [2.05, 4.69) is 0 Å². The van der Waals surface area contributed by atoms with Gasteiger partial charge in [-0.05, 0) is 6.07 Å². The number of hydrogen-bond donors (Lipinski definition) is 1. The number of primary sulfonamides is 1. The van der Waals surface area contributed by atoms with Crippen LogP contribution in [0.3, 0.4) is 0 Å². The zero-order valence-electron chi connectivity index (χ0n) is 10.5. The van der Waals surface area contributed by atoms with E-state index in [-0.39, 0.29) is 26.6 Å². The van der Waals surface area contributed by atoms with E-state index < -0.39 is 16.1 Å². The summed E-state index contributed by atoms with van der Waals surface area (Å²) in [4.78, 5) is 13.0. The largest absolute Gasteiger partial charge is 0.479 e. The van der Waals surface area contributed by atoms with E-state index in [4.69, 9.17) is 33.1 Å². The van der Waals surface area contributed by atoms with Gasteiger partial charge in [0.25, 0.3) is 5.91 Å². The van der Waals surface area contributed by atoms with Gasteiger partial charge in [-0.15, -0.1) is 0 Å². The Labute approximate surface area is 126 Å². The normalized spacial score (nSPS) is 19.5. The fourth-order valence-electron chi connectivity index (χ4n) is 1.87. The first kappa shape index (κ1) is 15.4. The molecule has 0 aliphatic carbocycles. The topological polar surface area (TPSA) is 89.7 Å². The molecule has 1 aromatic rings. The number of hydrogen-bond acceptors (Lipinski definition) is 4. The Bertz CT molecular complexity index is 663. The zero-order chi connectivity index (χ0) is 15.1. The highest BCUT2D eigenvalue weighted by Crippen LogP contribution is 2.34. The van der Waals surface area contributed by atoms with E-state index in [1.54, 1.807) is 11.9 Å². The van der Waals surface area contributed by atoms with Crippen LogP contribution < -0.4 is 9.88 Å². The van der Waals surface area contributed by atoms with Crippen LogP contribution in [0.15, 0.2) is 17.0 Å². The minimum Gasteiger partial charge on any atom is -0.479 e. The molecule has 9 heteroatoms. The number of carbonyl (C=O) groups is 1. The molecule has 1 fully saturated rings. The van der Waals surface area contributed by atoms with Crippen molar-refractivity contribution in [1.29, 1.82) is 0 Å². The van der Waals surface area contributed by atoms with Crippen molar-refractivity contribution >= 4 is 39.1 Å². The van der Waals surface area contributed by atoms with Crippen molar-refractivity contribution in [3.63, 3.8) is 0 Å². The van der Waals surface area contributed by atoms with Gasteiger partial charge in [0.05, 0.1) is 10.0 Å². The number of rotatable bonds is 3. The van der Waals surface area contributed by atoms with Crippen LogP contribution in [0.2, 0.25) is 10.0 Å². The number of carbonyl (C=O) groups excluding carboxylic acids is 1. The Morgan fingerprint density at radius 2 is 2.00 bits per heavy atom. The van der Waals surface area contributed by atoms with E-state index in [1.165, 1.54) is 6.07 Å². The summed E-state index contributed by atoms with van der Waals surface area (Å²) in [5, 5.41) is 4.93. The van der Waals surface area contributed by atoms with Crippen molar-refractivity contribution in [1.82, 2.24) is 4.90 Å². The zero-order valence-corrected chi connectivity index (χ0v) is 12.8. The summed E-state index contributed by atoms with van der Waals surface area (Å²) < 4.78 is 28.1. The summed E-state index contributed by atoms with van der Waals surface area (Å²) >= 11 is 11.8. The summed E-state index contributed by atoms with van der Waals surface area (Å²) in [5.41, 5.74) is 0. The third-order valence-corrected chi connectivity index (χ3v) is 4.61. The lowest BCUT2D eigenvalue weighted by Gasteiger charge is -2.15. The highest BCUT2D eigenvalue weighted by atomic mass is 35.5. The van der Waals surface area contributed by atoms with Crippen molar-refractivity contribution in [2.75, 3.05) is 13.6 Å². The second-order valence-electron chi connectivity index (χ2n) is 4.41. The second kappa shape index (κ2) is 5.40. The van der Waals surface area contributed by atoms with Gasteiger partial charge in [-0.3, -0.25) is 4.79 Å². The molecule has 0 spiro atoms. The lowest BCUT2D eigenvalue weighted by molar-refractivity contribution is -0.132. The summed E-state index contributed by atoms with van der Waals surface area (Å²) in [5.74, 6) is -0.00886. The molecule has 2 rings (SSSR count). The van der Waals surface area contributed by atoms with E-state index in [1.807, 2.05) is 0 Å². The lowest BCUT2D eigenvalue weighted by atomic mass is 10.3. The maximum Gasteiger partial charge on any atom is 0.263 e. The molecule has 1 aliphatic heterocycles. The standard InChI is InChI=1S/C11H12Cl2N2O4S/c1-15-3-2-8(11(15)16)19-9-4-7(13)10(5-6(9)12)20(14,17)18/h4-5,8H,2-3H2,1H3,(H2,14,17,18). The first-order valence-electron chi connectivity index (χ1n) is 5.63. The molecule has 110 valence electrons. The number of nitrogens with two attached hydrogens (primary N) is 1. The number of benzene rings is 1. The average Bonchev–Trinajstić information content (AvgIpc) is 2.64. The molecule has 0 aromatic heterocycles. The first-order chi connectivity index (χ1) is 9.20. The molecule has 1 amide bonds. The second-order valence-corrected chi connectivity index (χ2v) is 6.76. The molecule has 1 unspecified atom stereocenters. The molecule has 2 N–H and O–H groups in total. The molecule has 1 atom stereocenters. The number of ether oxygens (including phenoxy) is 1. The third kappa shape index (κ3) is 3.01. The lowest BCUT2D eigenvalue weighted by Crippen LogP contribution is -2.29. The number of nitrogens with zero attached hydrogens (tertiary/aromatic N) is 1. The molecular formula is C11H12Cl2N2O4S. The number of sulfonamides is 1. The fourth-order valence-corrected chi connectivity index (χ4v) is 3.23. The van der Waals surface area contributed by atoms with Gasteiger partial charge < -0.3 is 9.64 Å². The molecule has 0 saturated carbocycles. The molecule has 0 radical (unpaired) electrons. The molecule has 1 aromatic carbocycles. The summed E-state index contributed by atoms with van der Waals surface area (Å²) in [7, 11) is -2.30. The Morgan fingerprint density at radius 1 is 1.35 bits per heavy atom. The van der Waals surface area contributed by atoms with Crippen LogP contribution in [0.1, 0.15) is 6.42 Å². The van der Waals surface area contributed by atoms with Gasteiger partial charge in [-0.2, -0.15) is 0 Å². The smallest absolute Gasteiger partial charge is 0.263 e. The van der Waals surface area contributed by atoms with Crippen LogP contribution in [-0.4, -0.2) is 38.9 Å². The van der Waals surface area contributed by atoms with E-state index in [9.17, 15) is 13.2 Å². The van der Waals surface area contributed by atoms with Gasteiger partial charge in [0.1, 0.15) is 10.6 Å². The molecular weight excluding hydrogens is 327 g/mol.